The fourth-order valence-corrected chi connectivity index (χ4v) is 3.99. The molecular formula is C10H8O2S. The third kappa shape index (κ3) is 0.711. The van der Waals surface area contributed by atoms with E-state index < -0.39 is 9.84 Å². The monoisotopic (exact) mass is 192 g/mol. The fraction of sp³-hybridized carbons (Fsp3) is 0.200. The largest absolute Gasteiger partial charge is 0.218 e. The van der Waals surface area contributed by atoms with Gasteiger partial charge in [-0.15, -0.1) is 0 Å². The van der Waals surface area contributed by atoms with Crippen LogP contribution in [0.3, 0.4) is 0 Å². The molecule has 3 aliphatic rings. The lowest BCUT2D eigenvalue weighted by Gasteiger charge is -1.97. The Morgan fingerprint density at radius 1 is 0.923 bits per heavy atom. The zero-order chi connectivity index (χ0) is 9.05. The SMILES string of the molecule is O=S1(=O)C2=C(CC=C2)C2=C1C=CC2. The Kier molecular flexibility index (Phi) is 1.15. The van der Waals surface area contributed by atoms with Crippen molar-refractivity contribution in [2.45, 2.75) is 12.8 Å². The predicted molar refractivity (Wildman–Crippen MR) is 50.5 cm³/mol. The summed E-state index contributed by atoms with van der Waals surface area (Å²) in [7, 11) is -3.12. The Labute approximate surface area is 76.9 Å². The van der Waals surface area contributed by atoms with Gasteiger partial charge in [0, 0.05) is 0 Å². The lowest BCUT2D eigenvalue weighted by molar-refractivity contribution is 0.610. The minimum Gasteiger partial charge on any atom is -0.218 e. The Balaban J connectivity index is 2.34. The summed E-state index contributed by atoms with van der Waals surface area (Å²) in [6, 6.07) is 0. The van der Waals surface area contributed by atoms with Crippen molar-refractivity contribution in [1.29, 1.82) is 0 Å². The average molecular weight is 192 g/mol. The fourth-order valence-electron chi connectivity index (χ4n) is 2.14. The van der Waals surface area contributed by atoms with Crippen LogP contribution in [0.25, 0.3) is 0 Å². The van der Waals surface area contributed by atoms with Crippen LogP contribution in [0, 0.1) is 0 Å². The van der Waals surface area contributed by atoms with Crippen molar-refractivity contribution >= 4 is 9.84 Å². The predicted octanol–water partition coefficient (Wildman–Crippen LogP) is 1.84. The summed E-state index contributed by atoms with van der Waals surface area (Å²) in [5.74, 6) is 0. The molecule has 0 aromatic carbocycles. The van der Waals surface area contributed by atoms with Gasteiger partial charge in [-0.25, -0.2) is 8.42 Å². The normalized spacial score (nSPS) is 27.4. The first-order chi connectivity index (χ1) is 6.21. The van der Waals surface area contributed by atoms with E-state index in [1.165, 1.54) is 0 Å². The quantitative estimate of drug-likeness (QED) is 0.587. The molecule has 0 radical (unpaired) electrons. The summed E-state index contributed by atoms with van der Waals surface area (Å²) < 4.78 is 23.7. The first kappa shape index (κ1) is 7.33. The molecule has 0 aromatic rings. The van der Waals surface area contributed by atoms with E-state index in [1.54, 1.807) is 12.2 Å². The smallest absolute Gasteiger partial charge is 0.207 e. The standard InChI is InChI=1S/C10H8O2S/c11-13(12)9-5-1-3-7(9)8-4-2-6-10(8)13/h1-2,5-6H,3-4H2. The third-order valence-electron chi connectivity index (χ3n) is 2.72. The second-order valence-corrected chi connectivity index (χ2v) is 5.29. The summed E-state index contributed by atoms with van der Waals surface area (Å²) in [4.78, 5) is 1.09. The van der Waals surface area contributed by atoms with Gasteiger partial charge in [-0.05, 0) is 36.1 Å². The molecule has 0 saturated heterocycles. The minimum absolute atomic E-state index is 0.543. The van der Waals surface area contributed by atoms with Crippen molar-refractivity contribution < 1.29 is 8.42 Å². The summed E-state index contributed by atoms with van der Waals surface area (Å²) in [5, 5.41) is 0. The van der Waals surface area contributed by atoms with E-state index in [0.29, 0.717) is 9.81 Å². The van der Waals surface area contributed by atoms with Gasteiger partial charge in [0.25, 0.3) is 0 Å². The number of fused-ring (bicyclic) bond motifs is 1. The van der Waals surface area contributed by atoms with Gasteiger partial charge < -0.3 is 0 Å². The molecule has 0 fully saturated rings. The van der Waals surface area contributed by atoms with Crippen LogP contribution in [0.5, 0.6) is 0 Å². The Hall–Kier alpha value is -1.09. The molecule has 0 bridgehead atoms. The van der Waals surface area contributed by atoms with Gasteiger partial charge in [0.1, 0.15) is 0 Å². The van der Waals surface area contributed by atoms with Gasteiger partial charge >= 0.3 is 0 Å². The molecule has 1 aliphatic heterocycles. The first-order valence-corrected chi connectivity index (χ1v) is 5.74. The summed E-state index contributed by atoms with van der Waals surface area (Å²) >= 11 is 0. The molecule has 66 valence electrons. The summed E-state index contributed by atoms with van der Waals surface area (Å²) in [6.45, 7) is 0. The van der Waals surface area contributed by atoms with E-state index in [0.717, 1.165) is 24.0 Å². The first-order valence-electron chi connectivity index (χ1n) is 4.26. The maximum atomic E-state index is 11.8. The number of sulfone groups is 1. The van der Waals surface area contributed by atoms with Crippen LogP contribution in [-0.2, 0) is 9.84 Å². The number of hydrogen-bond donors (Lipinski definition) is 0. The van der Waals surface area contributed by atoms with E-state index in [2.05, 4.69) is 0 Å². The van der Waals surface area contributed by atoms with Crippen LogP contribution in [-0.4, -0.2) is 8.42 Å². The zero-order valence-electron chi connectivity index (χ0n) is 6.95. The van der Waals surface area contributed by atoms with Crippen LogP contribution >= 0.6 is 0 Å². The van der Waals surface area contributed by atoms with Gasteiger partial charge in [0.05, 0.1) is 9.81 Å². The molecule has 0 unspecified atom stereocenters. The highest BCUT2D eigenvalue weighted by Crippen LogP contribution is 2.45. The maximum Gasteiger partial charge on any atom is 0.207 e. The molecule has 2 nitrogen and oxygen atoms in total. The van der Waals surface area contributed by atoms with Crippen molar-refractivity contribution in [3.63, 3.8) is 0 Å². The highest BCUT2D eigenvalue weighted by Gasteiger charge is 2.37. The molecule has 0 saturated carbocycles. The van der Waals surface area contributed by atoms with E-state index >= 15 is 0 Å². The van der Waals surface area contributed by atoms with Gasteiger partial charge in [0.15, 0.2) is 0 Å². The van der Waals surface area contributed by atoms with Gasteiger partial charge in [-0.3, -0.25) is 0 Å². The topological polar surface area (TPSA) is 34.1 Å². The van der Waals surface area contributed by atoms with E-state index in [4.69, 9.17) is 0 Å². The van der Waals surface area contributed by atoms with Gasteiger partial charge in [0.2, 0.25) is 9.84 Å². The molecule has 3 heteroatoms. The Morgan fingerprint density at radius 2 is 1.38 bits per heavy atom. The molecular weight excluding hydrogens is 184 g/mol. The summed E-state index contributed by atoms with van der Waals surface area (Å²) in [5.41, 5.74) is 2.06. The zero-order valence-corrected chi connectivity index (χ0v) is 7.76. The maximum absolute atomic E-state index is 11.8. The van der Waals surface area contributed by atoms with Crippen molar-refractivity contribution in [2.75, 3.05) is 0 Å². The molecule has 0 N–H and O–H groups in total. The van der Waals surface area contributed by atoms with Crippen LogP contribution in [0.4, 0.5) is 0 Å². The minimum atomic E-state index is -3.12. The molecule has 0 spiro atoms. The van der Waals surface area contributed by atoms with E-state index in [1.807, 2.05) is 12.2 Å². The number of allylic oxidation sites excluding steroid dienone is 6. The highest BCUT2D eigenvalue weighted by atomic mass is 32.2. The van der Waals surface area contributed by atoms with E-state index in [9.17, 15) is 8.42 Å². The van der Waals surface area contributed by atoms with Crippen molar-refractivity contribution in [3.8, 4) is 0 Å². The second kappa shape index (κ2) is 2.04. The van der Waals surface area contributed by atoms with Crippen LogP contribution in [0.2, 0.25) is 0 Å². The average Bonchev–Trinajstić information content (AvgIpc) is 2.74. The van der Waals surface area contributed by atoms with Gasteiger partial charge in [-0.2, -0.15) is 0 Å². The Morgan fingerprint density at radius 3 is 1.85 bits per heavy atom. The number of rotatable bonds is 0. The lowest BCUT2D eigenvalue weighted by atomic mass is 10.1. The second-order valence-electron chi connectivity index (χ2n) is 3.40. The molecule has 0 amide bonds. The molecule has 2 aliphatic carbocycles. The van der Waals surface area contributed by atoms with Crippen LogP contribution in [0.15, 0.2) is 45.3 Å². The van der Waals surface area contributed by atoms with Crippen molar-refractivity contribution in [1.82, 2.24) is 0 Å². The third-order valence-corrected chi connectivity index (χ3v) is 4.64. The van der Waals surface area contributed by atoms with Crippen molar-refractivity contribution in [3.05, 3.63) is 45.3 Å². The van der Waals surface area contributed by atoms with Crippen LogP contribution < -0.4 is 0 Å². The van der Waals surface area contributed by atoms with Crippen LogP contribution in [0.1, 0.15) is 12.8 Å². The Bertz CT molecular complexity index is 471. The lowest BCUT2D eigenvalue weighted by Crippen LogP contribution is -1.98. The van der Waals surface area contributed by atoms with Gasteiger partial charge in [-0.1, -0.05) is 12.2 Å². The molecule has 13 heavy (non-hydrogen) atoms. The molecule has 0 aromatic heterocycles. The number of hydrogen-bond acceptors (Lipinski definition) is 2. The van der Waals surface area contributed by atoms with E-state index in [-0.39, 0.29) is 0 Å². The summed E-state index contributed by atoms with van der Waals surface area (Å²) in [6.07, 6.45) is 8.88. The van der Waals surface area contributed by atoms with Crippen molar-refractivity contribution in [2.24, 2.45) is 0 Å². The molecule has 1 heterocycles. The highest BCUT2D eigenvalue weighted by molar-refractivity contribution is 7.99. The molecule has 3 rings (SSSR count). The molecule has 0 atom stereocenters.